The lowest BCUT2D eigenvalue weighted by atomic mass is 9.81. The Morgan fingerprint density at radius 2 is 2.07 bits per heavy atom. The average Bonchev–Trinajstić information content (AvgIpc) is 3.36. The van der Waals surface area contributed by atoms with Gasteiger partial charge in [-0.05, 0) is 37.3 Å². The second-order valence-corrected chi connectivity index (χ2v) is 8.19. The number of nitriles is 1. The van der Waals surface area contributed by atoms with Gasteiger partial charge in [0.1, 0.15) is 23.2 Å². The standard InChI is InChI=1S/C22H23N7O/c23-11-15-3-1-2-14-10-16(27-17(14)15)18-19-20(24)26-8-9-29(19)22(28-18)13-6-4-12(5-7-13)21(25)30/h1-3,8-9,12-13,16,27H,4-7,10H2,(H2,24,26)(H2,25,30)/t12-,13-,16?. The number of nitrogen functional groups attached to an aromatic ring is 1. The number of benzene rings is 1. The van der Waals surface area contributed by atoms with Crippen molar-refractivity contribution >= 4 is 22.9 Å². The summed E-state index contributed by atoms with van der Waals surface area (Å²) in [4.78, 5) is 20.9. The number of aromatic nitrogens is 3. The van der Waals surface area contributed by atoms with Gasteiger partial charge in [0.15, 0.2) is 0 Å². The third-order valence-corrected chi connectivity index (χ3v) is 6.48. The number of imidazole rings is 1. The predicted octanol–water partition coefficient (Wildman–Crippen LogP) is 2.65. The van der Waals surface area contributed by atoms with Crippen LogP contribution in [0.5, 0.6) is 0 Å². The van der Waals surface area contributed by atoms with Gasteiger partial charge < -0.3 is 16.8 Å². The molecular weight excluding hydrogens is 378 g/mol. The summed E-state index contributed by atoms with van der Waals surface area (Å²) < 4.78 is 2.04. The van der Waals surface area contributed by atoms with Gasteiger partial charge >= 0.3 is 0 Å². The molecule has 152 valence electrons. The minimum Gasteiger partial charge on any atom is -0.382 e. The van der Waals surface area contributed by atoms with Crippen molar-refractivity contribution in [3.63, 3.8) is 0 Å². The molecule has 8 heteroatoms. The molecule has 0 bridgehead atoms. The molecule has 1 fully saturated rings. The molecular formula is C22H23N7O. The molecule has 0 radical (unpaired) electrons. The largest absolute Gasteiger partial charge is 0.382 e. The molecule has 1 aromatic carbocycles. The Morgan fingerprint density at radius 1 is 1.27 bits per heavy atom. The van der Waals surface area contributed by atoms with E-state index in [9.17, 15) is 10.1 Å². The third kappa shape index (κ3) is 2.86. The first-order valence-electron chi connectivity index (χ1n) is 10.3. The molecule has 8 nitrogen and oxygen atoms in total. The van der Waals surface area contributed by atoms with Gasteiger partial charge in [0.05, 0.1) is 23.0 Å². The van der Waals surface area contributed by atoms with Crippen molar-refractivity contribution < 1.29 is 4.79 Å². The smallest absolute Gasteiger partial charge is 0.220 e. The summed E-state index contributed by atoms with van der Waals surface area (Å²) in [5.41, 5.74) is 16.1. The number of nitrogens with two attached hydrogens (primary N) is 2. The number of para-hydroxylation sites is 1. The SMILES string of the molecule is N#Cc1cccc2c1NC(c1nc([C@H]3CC[C@H](C(N)=O)CC3)n3ccnc(N)c13)C2. The fraction of sp³-hybridized carbons (Fsp3) is 0.364. The number of hydrogen-bond donors (Lipinski definition) is 3. The second kappa shape index (κ2) is 7.02. The Labute approximate surface area is 173 Å². The lowest BCUT2D eigenvalue weighted by Crippen LogP contribution is -2.27. The fourth-order valence-electron chi connectivity index (χ4n) is 4.93. The molecule has 3 heterocycles. The summed E-state index contributed by atoms with van der Waals surface area (Å²) in [5, 5.41) is 12.9. The highest BCUT2D eigenvalue weighted by Crippen LogP contribution is 2.41. The highest BCUT2D eigenvalue weighted by atomic mass is 16.1. The zero-order valence-electron chi connectivity index (χ0n) is 16.5. The Kier molecular flexibility index (Phi) is 4.31. The van der Waals surface area contributed by atoms with E-state index in [-0.39, 0.29) is 23.8 Å². The quantitative estimate of drug-likeness (QED) is 0.617. The third-order valence-electron chi connectivity index (χ3n) is 6.48. The predicted molar refractivity (Wildman–Crippen MR) is 113 cm³/mol. The van der Waals surface area contributed by atoms with Crippen LogP contribution in [-0.2, 0) is 11.2 Å². The minimum absolute atomic E-state index is 0.0471. The highest BCUT2D eigenvalue weighted by molar-refractivity contribution is 5.77. The fourth-order valence-corrected chi connectivity index (χ4v) is 4.93. The zero-order valence-corrected chi connectivity index (χ0v) is 16.5. The lowest BCUT2D eigenvalue weighted by Gasteiger charge is -2.25. The number of hydrogen-bond acceptors (Lipinski definition) is 6. The monoisotopic (exact) mass is 401 g/mol. The Balaban J connectivity index is 1.53. The van der Waals surface area contributed by atoms with Gasteiger partial charge in [0.25, 0.3) is 0 Å². The van der Waals surface area contributed by atoms with E-state index in [2.05, 4.69) is 16.4 Å². The summed E-state index contributed by atoms with van der Waals surface area (Å²) >= 11 is 0. The molecule has 30 heavy (non-hydrogen) atoms. The normalized spacial score (nSPS) is 23.0. The summed E-state index contributed by atoms with van der Waals surface area (Å²) in [5.74, 6) is 1.37. The summed E-state index contributed by atoms with van der Waals surface area (Å²) in [6.07, 6.45) is 7.63. The topological polar surface area (TPSA) is 135 Å². The van der Waals surface area contributed by atoms with Gasteiger partial charge in [0.2, 0.25) is 5.91 Å². The molecule has 1 unspecified atom stereocenters. The van der Waals surface area contributed by atoms with Crippen LogP contribution >= 0.6 is 0 Å². The van der Waals surface area contributed by atoms with Gasteiger partial charge in [-0.15, -0.1) is 0 Å². The van der Waals surface area contributed by atoms with Crippen molar-refractivity contribution in [2.24, 2.45) is 11.7 Å². The van der Waals surface area contributed by atoms with Gasteiger partial charge in [-0.1, -0.05) is 12.1 Å². The number of primary amides is 1. The molecule has 1 aliphatic heterocycles. The number of nitrogens with zero attached hydrogens (tertiary/aromatic N) is 4. The maximum atomic E-state index is 11.5. The van der Waals surface area contributed by atoms with Crippen molar-refractivity contribution in [2.45, 2.75) is 44.1 Å². The Morgan fingerprint density at radius 3 is 2.80 bits per heavy atom. The molecule has 1 aliphatic carbocycles. The van der Waals surface area contributed by atoms with Gasteiger partial charge in [-0.25, -0.2) is 9.97 Å². The minimum atomic E-state index is -0.211. The van der Waals surface area contributed by atoms with E-state index >= 15 is 0 Å². The van der Waals surface area contributed by atoms with Crippen LogP contribution in [-0.4, -0.2) is 20.3 Å². The summed E-state index contributed by atoms with van der Waals surface area (Å²) in [6, 6.07) is 7.94. The molecule has 1 amide bonds. The summed E-state index contributed by atoms with van der Waals surface area (Å²) in [7, 11) is 0. The summed E-state index contributed by atoms with van der Waals surface area (Å²) in [6.45, 7) is 0. The van der Waals surface area contributed by atoms with E-state index < -0.39 is 0 Å². The first kappa shape index (κ1) is 18.4. The number of amides is 1. The van der Waals surface area contributed by atoms with Crippen LogP contribution in [0.2, 0.25) is 0 Å². The van der Waals surface area contributed by atoms with Crippen LogP contribution in [0.25, 0.3) is 5.52 Å². The lowest BCUT2D eigenvalue weighted by molar-refractivity contribution is -0.122. The molecule has 3 aromatic rings. The Bertz CT molecular complexity index is 1180. The van der Waals surface area contributed by atoms with Gasteiger partial charge in [-0.2, -0.15) is 5.26 Å². The average molecular weight is 401 g/mol. The number of carbonyl (C=O) groups is 1. The molecule has 1 atom stereocenters. The first-order valence-corrected chi connectivity index (χ1v) is 10.3. The molecule has 2 aliphatic rings. The van der Waals surface area contributed by atoms with E-state index in [0.29, 0.717) is 11.4 Å². The van der Waals surface area contributed by atoms with Crippen LogP contribution in [0.1, 0.15) is 60.3 Å². The second-order valence-electron chi connectivity index (χ2n) is 8.19. The molecule has 5 N–H and O–H groups in total. The van der Waals surface area contributed by atoms with E-state index in [0.717, 1.165) is 60.4 Å². The number of fused-ring (bicyclic) bond motifs is 2. The van der Waals surface area contributed by atoms with Crippen LogP contribution in [0.3, 0.4) is 0 Å². The van der Waals surface area contributed by atoms with Crippen LogP contribution in [0.15, 0.2) is 30.6 Å². The number of anilines is 2. The first-order chi connectivity index (χ1) is 14.6. The molecule has 0 spiro atoms. The maximum absolute atomic E-state index is 11.5. The van der Waals surface area contributed by atoms with Crippen molar-refractivity contribution in [3.05, 3.63) is 53.2 Å². The number of rotatable bonds is 3. The molecule has 1 saturated carbocycles. The number of nitrogens with one attached hydrogen (secondary N) is 1. The van der Waals surface area contributed by atoms with Crippen LogP contribution in [0, 0.1) is 17.2 Å². The number of carbonyl (C=O) groups excluding carboxylic acids is 1. The Hall–Kier alpha value is -3.60. The van der Waals surface area contributed by atoms with E-state index in [1.54, 1.807) is 6.20 Å². The van der Waals surface area contributed by atoms with Crippen molar-refractivity contribution in [3.8, 4) is 6.07 Å². The van der Waals surface area contributed by atoms with E-state index in [4.69, 9.17) is 16.5 Å². The van der Waals surface area contributed by atoms with Crippen LogP contribution in [0.4, 0.5) is 11.5 Å². The van der Waals surface area contributed by atoms with Crippen molar-refractivity contribution in [1.29, 1.82) is 5.26 Å². The van der Waals surface area contributed by atoms with Crippen LogP contribution < -0.4 is 16.8 Å². The van der Waals surface area contributed by atoms with E-state index in [1.807, 2.05) is 28.8 Å². The molecule has 0 saturated heterocycles. The zero-order chi connectivity index (χ0) is 20.8. The van der Waals surface area contributed by atoms with Crippen molar-refractivity contribution in [2.75, 3.05) is 11.1 Å². The van der Waals surface area contributed by atoms with Gasteiger partial charge in [0, 0.05) is 30.7 Å². The molecule has 2 aromatic heterocycles. The van der Waals surface area contributed by atoms with Gasteiger partial charge in [-0.3, -0.25) is 9.20 Å². The van der Waals surface area contributed by atoms with Crippen molar-refractivity contribution in [1.82, 2.24) is 14.4 Å². The highest BCUT2D eigenvalue weighted by Gasteiger charge is 2.33. The maximum Gasteiger partial charge on any atom is 0.220 e. The molecule has 5 rings (SSSR count). The van der Waals surface area contributed by atoms with E-state index in [1.165, 1.54) is 0 Å².